The van der Waals surface area contributed by atoms with Gasteiger partial charge in [0.15, 0.2) is 0 Å². The highest BCUT2D eigenvalue weighted by Crippen LogP contribution is 2.34. The third-order valence-corrected chi connectivity index (χ3v) is 10.7. The smallest absolute Gasteiger partial charge is 0.407 e. The van der Waals surface area contributed by atoms with Gasteiger partial charge in [-0.05, 0) is 65.3 Å². The maximum atomic E-state index is 13.6. The number of allylic oxidation sites excluding steroid dienone is 1. The summed E-state index contributed by atoms with van der Waals surface area (Å²) in [7, 11) is 1.30. The van der Waals surface area contributed by atoms with Crippen molar-refractivity contribution in [3.05, 3.63) is 72.3 Å². The van der Waals surface area contributed by atoms with Crippen molar-refractivity contribution < 1.29 is 19.1 Å². The number of carbonyl (C=O) groups is 3. The van der Waals surface area contributed by atoms with E-state index >= 15 is 0 Å². The summed E-state index contributed by atoms with van der Waals surface area (Å²) in [5, 5.41) is 6.19. The van der Waals surface area contributed by atoms with E-state index in [9.17, 15) is 14.4 Å². The predicted molar refractivity (Wildman–Crippen MR) is 209 cm³/mol. The number of rotatable bonds is 12. The fraction of sp³-hybridized carbons (Fsp3) is 0.500. The number of carbonyl (C=O) groups excluding carboxylic acids is 3. The minimum Gasteiger partial charge on any atom is -0.453 e. The number of ether oxygens (including phenoxy) is 1. The average Bonchev–Trinajstić information content (AvgIpc) is 3.98. The molecule has 282 valence electrons. The van der Waals surface area contributed by atoms with Gasteiger partial charge >= 0.3 is 6.09 Å². The van der Waals surface area contributed by atoms with Crippen LogP contribution in [0.5, 0.6) is 0 Å². The van der Waals surface area contributed by atoms with Crippen LogP contribution in [-0.4, -0.2) is 87.8 Å². The Balaban J connectivity index is 1.07. The van der Waals surface area contributed by atoms with Gasteiger partial charge in [0.1, 0.15) is 11.9 Å². The van der Waals surface area contributed by atoms with Crippen LogP contribution in [0.15, 0.2) is 65.9 Å². The lowest BCUT2D eigenvalue weighted by atomic mass is 9.95. The minimum atomic E-state index is -0.672. The average molecular weight is 722 g/mol. The molecule has 0 spiro atoms. The van der Waals surface area contributed by atoms with Crippen LogP contribution in [0.3, 0.4) is 0 Å². The Hall–Kier alpha value is -4.77. The second-order valence-corrected chi connectivity index (χ2v) is 15.6. The van der Waals surface area contributed by atoms with E-state index < -0.39 is 12.1 Å². The van der Waals surface area contributed by atoms with Crippen LogP contribution in [0.1, 0.15) is 91.1 Å². The SMILES string of the molecule is COC(=O)N[C@H](C(=O)N1CCCC1c1ncc(-c2ccc(-c3ccc(C4=CN=C(C5CCCN5C(=O)[C@@H](NC(C)C)C(C)C)C4)cc3)cc2)[nH]1)C(C)C. The molecule has 4 atom stereocenters. The van der Waals surface area contributed by atoms with Crippen molar-refractivity contribution in [1.29, 1.82) is 0 Å². The van der Waals surface area contributed by atoms with Crippen molar-refractivity contribution in [1.82, 2.24) is 30.4 Å². The zero-order valence-corrected chi connectivity index (χ0v) is 32.2. The molecule has 53 heavy (non-hydrogen) atoms. The number of aliphatic imine (C=N–C) groups is 1. The van der Waals surface area contributed by atoms with Gasteiger partial charge in [-0.2, -0.15) is 0 Å². The largest absolute Gasteiger partial charge is 0.453 e. The van der Waals surface area contributed by atoms with E-state index in [0.717, 1.165) is 78.1 Å². The predicted octanol–water partition coefficient (Wildman–Crippen LogP) is 6.99. The molecule has 0 bridgehead atoms. The molecule has 3 aromatic rings. The van der Waals surface area contributed by atoms with Crippen LogP contribution < -0.4 is 10.6 Å². The number of aromatic nitrogens is 2. The molecule has 0 aliphatic carbocycles. The zero-order valence-electron chi connectivity index (χ0n) is 32.2. The van der Waals surface area contributed by atoms with E-state index in [4.69, 9.17) is 9.73 Å². The molecule has 4 heterocycles. The van der Waals surface area contributed by atoms with Gasteiger partial charge in [-0.3, -0.25) is 14.6 Å². The summed E-state index contributed by atoms with van der Waals surface area (Å²) in [6, 6.07) is 16.3. The number of imidazole rings is 1. The molecule has 0 radical (unpaired) electrons. The fourth-order valence-corrected chi connectivity index (χ4v) is 7.86. The number of alkyl carbamates (subject to hydrolysis) is 1. The van der Waals surface area contributed by atoms with Gasteiger partial charge in [-0.15, -0.1) is 0 Å². The number of methoxy groups -OCH3 is 1. The summed E-state index contributed by atoms with van der Waals surface area (Å²) in [5.74, 6) is 0.935. The maximum Gasteiger partial charge on any atom is 0.407 e. The van der Waals surface area contributed by atoms with Crippen molar-refractivity contribution in [2.24, 2.45) is 16.8 Å². The van der Waals surface area contributed by atoms with E-state index in [0.29, 0.717) is 6.54 Å². The summed E-state index contributed by atoms with van der Waals surface area (Å²) in [5.41, 5.74) is 7.53. The van der Waals surface area contributed by atoms with Crippen molar-refractivity contribution in [3.8, 4) is 22.4 Å². The number of H-pyrrole nitrogens is 1. The molecule has 1 aromatic heterocycles. The van der Waals surface area contributed by atoms with Gasteiger partial charge < -0.3 is 30.2 Å². The molecule has 3 aliphatic rings. The van der Waals surface area contributed by atoms with E-state index in [1.807, 2.05) is 31.1 Å². The molecule has 3 amide bonds. The molecular formula is C42H55N7O4. The first kappa shape index (κ1) is 38.0. The van der Waals surface area contributed by atoms with Gasteiger partial charge in [-0.1, -0.05) is 90.1 Å². The summed E-state index contributed by atoms with van der Waals surface area (Å²) < 4.78 is 4.76. The molecule has 11 nitrogen and oxygen atoms in total. The lowest BCUT2D eigenvalue weighted by Crippen LogP contribution is -2.53. The fourth-order valence-electron chi connectivity index (χ4n) is 7.86. The van der Waals surface area contributed by atoms with Crippen LogP contribution in [0, 0.1) is 11.8 Å². The first-order chi connectivity index (χ1) is 25.4. The molecule has 6 rings (SSSR count). The minimum absolute atomic E-state index is 0.0577. The van der Waals surface area contributed by atoms with Crippen LogP contribution in [-0.2, 0) is 14.3 Å². The third-order valence-electron chi connectivity index (χ3n) is 10.7. The standard InChI is InChI=1S/C42H55N7O4/c1-25(2)37(45-27(5)6)40(50)48-20-8-10-35(48)33-22-32(23-43-33)30-14-12-28(13-15-30)29-16-18-31(19-17-29)34-24-44-39(46-34)36-11-9-21-49(36)41(51)38(26(3)4)47-42(52)53-7/h12-19,23-27,35-38,45H,8-11,20-22H2,1-7H3,(H,44,46)(H,47,52)/t35?,36?,37-,38-/m0/s1. The lowest BCUT2D eigenvalue weighted by Gasteiger charge is -2.32. The quantitative estimate of drug-likeness (QED) is 0.185. The van der Waals surface area contributed by atoms with Crippen molar-refractivity contribution >= 4 is 29.2 Å². The second-order valence-electron chi connectivity index (χ2n) is 15.6. The van der Waals surface area contributed by atoms with Crippen LogP contribution in [0.2, 0.25) is 0 Å². The number of nitrogens with zero attached hydrogens (tertiary/aromatic N) is 4. The molecule has 2 unspecified atom stereocenters. The molecule has 2 saturated heterocycles. The molecule has 2 fully saturated rings. The number of aromatic amines is 1. The number of amides is 3. The first-order valence-electron chi connectivity index (χ1n) is 19.2. The second kappa shape index (κ2) is 16.5. The van der Waals surface area contributed by atoms with Gasteiger partial charge in [0.05, 0.1) is 37.1 Å². The Morgan fingerprint density at radius 1 is 0.774 bits per heavy atom. The number of likely N-dealkylation sites (tertiary alicyclic amines) is 2. The van der Waals surface area contributed by atoms with Gasteiger partial charge in [0.25, 0.3) is 0 Å². The zero-order chi connectivity index (χ0) is 37.8. The maximum absolute atomic E-state index is 13.6. The third kappa shape index (κ3) is 8.40. The van der Waals surface area contributed by atoms with Gasteiger partial charge in [-0.25, -0.2) is 9.78 Å². The summed E-state index contributed by atoms with van der Waals surface area (Å²) in [4.78, 5) is 56.0. The first-order valence-corrected chi connectivity index (χ1v) is 19.2. The van der Waals surface area contributed by atoms with Crippen molar-refractivity contribution in [2.45, 2.75) is 104 Å². The van der Waals surface area contributed by atoms with Crippen molar-refractivity contribution in [2.75, 3.05) is 20.2 Å². The molecule has 0 saturated carbocycles. The van der Waals surface area contributed by atoms with Crippen LogP contribution in [0.4, 0.5) is 4.79 Å². The number of hydrogen-bond donors (Lipinski definition) is 3. The van der Waals surface area contributed by atoms with E-state index in [1.165, 1.54) is 12.7 Å². The topological polar surface area (TPSA) is 132 Å². The normalized spacial score (nSPS) is 19.9. The van der Waals surface area contributed by atoms with Crippen molar-refractivity contribution in [3.63, 3.8) is 0 Å². The Labute approximate surface area is 313 Å². The summed E-state index contributed by atoms with van der Waals surface area (Å²) in [6.07, 6.45) is 7.58. The van der Waals surface area contributed by atoms with E-state index in [1.54, 1.807) is 0 Å². The molecule has 2 aromatic carbocycles. The van der Waals surface area contributed by atoms with Gasteiger partial charge in [0, 0.05) is 37.5 Å². The molecule has 3 N–H and O–H groups in total. The van der Waals surface area contributed by atoms with E-state index in [-0.39, 0.29) is 47.8 Å². The molecule has 11 heteroatoms. The van der Waals surface area contributed by atoms with Crippen LogP contribution >= 0.6 is 0 Å². The molecule has 3 aliphatic heterocycles. The Kier molecular flexibility index (Phi) is 11.8. The Bertz CT molecular complexity index is 1830. The highest BCUT2D eigenvalue weighted by atomic mass is 16.5. The highest BCUT2D eigenvalue weighted by Gasteiger charge is 2.39. The number of hydrogen-bond acceptors (Lipinski definition) is 7. The summed E-state index contributed by atoms with van der Waals surface area (Å²) in [6.45, 7) is 13.6. The lowest BCUT2D eigenvalue weighted by molar-refractivity contribution is -0.136. The summed E-state index contributed by atoms with van der Waals surface area (Å²) >= 11 is 0. The number of nitrogens with one attached hydrogen (secondary N) is 3. The monoisotopic (exact) mass is 721 g/mol. The van der Waals surface area contributed by atoms with E-state index in [2.05, 4.69) is 102 Å². The Morgan fingerprint density at radius 3 is 1.91 bits per heavy atom. The van der Waals surface area contributed by atoms with Crippen LogP contribution in [0.25, 0.3) is 28.0 Å². The molecular weight excluding hydrogens is 667 g/mol. The highest BCUT2D eigenvalue weighted by molar-refractivity contribution is 6.03. The van der Waals surface area contributed by atoms with Gasteiger partial charge in [0.2, 0.25) is 11.8 Å². The number of benzene rings is 2. The Morgan fingerprint density at radius 2 is 1.32 bits per heavy atom.